The van der Waals surface area contributed by atoms with Gasteiger partial charge >= 0.3 is 0 Å². The van der Waals surface area contributed by atoms with Crippen LogP contribution in [-0.4, -0.2) is 50.4 Å². The molecule has 0 spiro atoms. The van der Waals surface area contributed by atoms with Crippen molar-refractivity contribution in [2.45, 2.75) is 11.4 Å². The number of amides is 1. The summed E-state index contributed by atoms with van der Waals surface area (Å²) in [6, 6.07) is 6.42. The molecule has 0 radical (unpaired) electrons. The van der Waals surface area contributed by atoms with Gasteiger partial charge in [0, 0.05) is 30.1 Å². The Balaban J connectivity index is 1.91. The number of nitrogens with zero attached hydrogens (tertiary/aromatic N) is 3. The lowest BCUT2D eigenvalue weighted by Crippen LogP contribution is -2.32. The van der Waals surface area contributed by atoms with E-state index in [1.165, 1.54) is 27.4 Å². The van der Waals surface area contributed by atoms with E-state index in [2.05, 4.69) is 10.1 Å². The van der Waals surface area contributed by atoms with Crippen molar-refractivity contribution in [3.05, 3.63) is 59.8 Å². The zero-order valence-electron chi connectivity index (χ0n) is 16.8. The highest BCUT2D eigenvalue weighted by molar-refractivity contribution is 7.90. The lowest BCUT2D eigenvalue weighted by Gasteiger charge is -2.15. The fourth-order valence-corrected chi connectivity index (χ4v) is 4.06. The number of hydrogen-bond donors (Lipinski definition) is 1. The average molecular weight is 450 g/mol. The number of sulfonamides is 1. The number of carbonyl (C=O) groups is 1. The number of methoxy groups -OCH3 is 3. The Kier molecular flexibility index (Phi) is 6.39. The number of aromatic nitrogens is 3. The second-order valence-electron chi connectivity index (χ2n) is 6.14. The minimum atomic E-state index is -4.49. The van der Waals surface area contributed by atoms with Crippen molar-refractivity contribution in [2.75, 3.05) is 21.3 Å². The van der Waals surface area contributed by atoms with Crippen molar-refractivity contribution >= 4 is 15.9 Å². The van der Waals surface area contributed by atoms with E-state index in [1.807, 2.05) is 4.72 Å². The number of carbonyl (C=O) groups excluding carboxylic acids is 1. The van der Waals surface area contributed by atoms with Crippen molar-refractivity contribution < 1.29 is 31.8 Å². The van der Waals surface area contributed by atoms with E-state index < -0.39 is 26.6 Å². The van der Waals surface area contributed by atoms with Crippen molar-refractivity contribution in [3.8, 4) is 17.4 Å². The van der Waals surface area contributed by atoms with Crippen LogP contribution in [0.25, 0.3) is 0 Å². The maximum atomic E-state index is 13.7. The lowest BCUT2D eigenvalue weighted by atomic mass is 10.2. The summed E-state index contributed by atoms with van der Waals surface area (Å²) in [7, 11) is -0.782. The molecule has 12 heteroatoms. The number of nitrogens with one attached hydrogen (secondary N) is 1. The normalized spacial score (nSPS) is 11.1. The summed E-state index contributed by atoms with van der Waals surface area (Å²) in [5.74, 6) is -2.29. The highest BCUT2D eigenvalue weighted by atomic mass is 32.2. The largest absolute Gasteiger partial charge is 0.495 e. The van der Waals surface area contributed by atoms with Crippen LogP contribution in [0.4, 0.5) is 4.39 Å². The average Bonchev–Trinajstić information content (AvgIpc) is 3.25. The fraction of sp³-hybridized carbons (Fsp3) is 0.211. The molecule has 0 fully saturated rings. The highest BCUT2D eigenvalue weighted by Crippen LogP contribution is 2.34. The maximum Gasteiger partial charge on any atom is 0.283 e. The predicted octanol–water partition coefficient (Wildman–Crippen LogP) is 1.61. The highest BCUT2D eigenvalue weighted by Gasteiger charge is 2.29. The number of hydrogen-bond acceptors (Lipinski definition) is 8. The molecule has 0 saturated carbocycles. The molecule has 31 heavy (non-hydrogen) atoms. The monoisotopic (exact) mass is 450 g/mol. The first-order chi connectivity index (χ1) is 14.8. The van der Waals surface area contributed by atoms with E-state index in [0.717, 1.165) is 12.1 Å². The van der Waals surface area contributed by atoms with E-state index in [1.54, 1.807) is 29.2 Å². The number of ether oxygens (including phenoxy) is 3. The van der Waals surface area contributed by atoms with Gasteiger partial charge in [0.25, 0.3) is 15.9 Å². The van der Waals surface area contributed by atoms with Crippen LogP contribution in [0.2, 0.25) is 0 Å². The second kappa shape index (κ2) is 9.00. The standard InChI is InChI=1S/C19H19FN4O6S/c1-28-15-9-13(20)10-16(29-2)17(15)31(26,27)23-18(25)14-6-5-12(19(22-14)30-3)11-24-8-4-7-21-24/h4-10H,11H2,1-3H3,(H,23,25). The Morgan fingerprint density at radius 1 is 1.13 bits per heavy atom. The van der Waals surface area contributed by atoms with Gasteiger partial charge in [-0.3, -0.25) is 9.48 Å². The van der Waals surface area contributed by atoms with Gasteiger partial charge in [-0.1, -0.05) is 0 Å². The van der Waals surface area contributed by atoms with E-state index in [4.69, 9.17) is 14.2 Å². The molecule has 3 aromatic rings. The molecular weight excluding hydrogens is 431 g/mol. The molecule has 0 bridgehead atoms. The zero-order valence-corrected chi connectivity index (χ0v) is 17.6. The summed E-state index contributed by atoms with van der Waals surface area (Å²) >= 11 is 0. The summed E-state index contributed by atoms with van der Waals surface area (Å²) in [5.41, 5.74) is 0.428. The molecule has 0 aliphatic rings. The number of rotatable bonds is 8. The van der Waals surface area contributed by atoms with Crippen molar-refractivity contribution in [1.82, 2.24) is 19.5 Å². The van der Waals surface area contributed by atoms with Gasteiger partial charge in [0.05, 0.1) is 27.9 Å². The predicted molar refractivity (Wildman–Crippen MR) is 106 cm³/mol. The molecule has 3 rings (SSSR count). The van der Waals surface area contributed by atoms with Crippen molar-refractivity contribution in [2.24, 2.45) is 0 Å². The van der Waals surface area contributed by atoms with Crippen LogP contribution >= 0.6 is 0 Å². The van der Waals surface area contributed by atoms with E-state index >= 15 is 0 Å². The third-order valence-corrected chi connectivity index (χ3v) is 5.57. The Hall–Kier alpha value is -3.67. The van der Waals surface area contributed by atoms with Gasteiger partial charge in [-0.25, -0.2) is 22.5 Å². The van der Waals surface area contributed by atoms with Crippen LogP contribution in [0.1, 0.15) is 16.1 Å². The van der Waals surface area contributed by atoms with Gasteiger partial charge in [-0.2, -0.15) is 5.10 Å². The smallest absolute Gasteiger partial charge is 0.283 e. The maximum absolute atomic E-state index is 13.7. The summed E-state index contributed by atoms with van der Waals surface area (Å²) in [6.45, 7) is 0.341. The second-order valence-corrected chi connectivity index (χ2v) is 7.76. The first-order valence-electron chi connectivity index (χ1n) is 8.79. The molecule has 0 unspecified atom stereocenters. The minimum Gasteiger partial charge on any atom is -0.495 e. The molecule has 1 amide bonds. The minimum absolute atomic E-state index is 0.137. The first-order valence-corrected chi connectivity index (χ1v) is 10.3. The third kappa shape index (κ3) is 4.74. The number of benzene rings is 1. The van der Waals surface area contributed by atoms with Gasteiger partial charge < -0.3 is 14.2 Å². The van der Waals surface area contributed by atoms with Gasteiger partial charge in [-0.15, -0.1) is 0 Å². The Morgan fingerprint density at radius 2 is 1.81 bits per heavy atom. The van der Waals surface area contributed by atoms with Gasteiger partial charge in [0.2, 0.25) is 5.88 Å². The van der Waals surface area contributed by atoms with Crippen molar-refractivity contribution in [3.63, 3.8) is 0 Å². The fourth-order valence-electron chi connectivity index (χ4n) is 2.80. The first kappa shape index (κ1) is 22.0. The Morgan fingerprint density at radius 3 is 2.35 bits per heavy atom. The molecule has 10 nitrogen and oxygen atoms in total. The molecule has 0 atom stereocenters. The van der Waals surface area contributed by atoms with Crippen LogP contribution < -0.4 is 18.9 Å². The number of pyridine rings is 1. The Labute approximate surface area is 177 Å². The van der Waals surface area contributed by atoms with Crippen molar-refractivity contribution in [1.29, 1.82) is 0 Å². The van der Waals surface area contributed by atoms with Crippen LogP contribution in [0.3, 0.4) is 0 Å². The molecule has 0 saturated heterocycles. The summed E-state index contributed by atoms with van der Waals surface area (Å²) < 4.78 is 58.0. The van der Waals surface area contributed by atoms with Gasteiger partial charge in [0.1, 0.15) is 23.0 Å². The topological polar surface area (TPSA) is 122 Å². The Bertz CT molecular complexity index is 1170. The molecular formula is C19H19FN4O6S. The summed E-state index contributed by atoms with van der Waals surface area (Å²) in [6.07, 6.45) is 3.36. The summed E-state index contributed by atoms with van der Waals surface area (Å²) in [4.78, 5) is 16.2. The zero-order chi connectivity index (χ0) is 22.6. The molecule has 2 aromatic heterocycles. The molecule has 2 heterocycles. The van der Waals surface area contributed by atoms with E-state index in [9.17, 15) is 17.6 Å². The molecule has 0 aliphatic heterocycles. The molecule has 1 aromatic carbocycles. The van der Waals surface area contributed by atoms with Gasteiger partial charge in [-0.05, 0) is 18.2 Å². The SMILES string of the molecule is COc1cc(F)cc(OC)c1S(=O)(=O)NC(=O)c1ccc(Cn2cccn2)c(OC)n1. The summed E-state index contributed by atoms with van der Waals surface area (Å²) in [5, 5.41) is 4.09. The van der Waals surface area contributed by atoms with Gasteiger partial charge in [0.15, 0.2) is 4.90 Å². The van der Waals surface area contributed by atoms with Crippen LogP contribution in [0, 0.1) is 5.82 Å². The molecule has 0 aliphatic carbocycles. The quantitative estimate of drug-likeness (QED) is 0.549. The van der Waals surface area contributed by atoms with Crippen LogP contribution in [0.5, 0.6) is 17.4 Å². The van der Waals surface area contributed by atoms with Crippen LogP contribution in [0.15, 0.2) is 47.6 Å². The molecule has 164 valence electrons. The lowest BCUT2D eigenvalue weighted by molar-refractivity contribution is 0.0975. The van der Waals surface area contributed by atoms with Crippen LogP contribution in [-0.2, 0) is 16.6 Å². The molecule has 1 N–H and O–H groups in total. The van der Waals surface area contributed by atoms with E-state index in [0.29, 0.717) is 12.1 Å². The third-order valence-electron chi connectivity index (χ3n) is 4.18. The number of halogens is 1. The van der Waals surface area contributed by atoms with E-state index in [-0.39, 0.29) is 23.1 Å².